The van der Waals surface area contributed by atoms with Gasteiger partial charge in [0.25, 0.3) is 0 Å². The first-order chi connectivity index (χ1) is 8.39. The SMILES string of the molecule is [2H]C1([2H])N=C(c2cc3ccccc3o2)NC1([2H])[2H]. The maximum Gasteiger partial charge on any atom is 0.170 e. The summed E-state index contributed by atoms with van der Waals surface area (Å²) < 4.78 is 35.6. The molecule has 1 aliphatic heterocycles. The van der Waals surface area contributed by atoms with Crippen LogP contribution in [0.25, 0.3) is 11.0 Å². The van der Waals surface area contributed by atoms with Crippen LogP contribution in [0.15, 0.2) is 39.7 Å². The van der Waals surface area contributed by atoms with Gasteiger partial charge in [-0.3, -0.25) is 4.99 Å². The van der Waals surface area contributed by atoms with Gasteiger partial charge < -0.3 is 9.73 Å². The molecule has 0 saturated heterocycles. The number of aliphatic imine (C=N–C) groups is 1. The molecule has 1 aliphatic rings. The van der Waals surface area contributed by atoms with Gasteiger partial charge in [-0.15, -0.1) is 0 Å². The Balaban J connectivity index is 2.07. The number of nitrogens with zero attached hydrogens (tertiary/aromatic N) is 1. The second-order valence-corrected chi connectivity index (χ2v) is 2.97. The molecule has 2 aromatic rings. The largest absolute Gasteiger partial charge is 0.453 e. The van der Waals surface area contributed by atoms with E-state index in [0.29, 0.717) is 11.3 Å². The number of amidine groups is 1. The Morgan fingerprint density at radius 1 is 1.43 bits per heavy atom. The van der Waals surface area contributed by atoms with Crippen LogP contribution in [0.4, 0.5) is 0 Å². The number of rotatable bonds is 1. The van der Waals surface area contributed by atoms with Crippen molar-refractivity contribution in [3.05, 3.63) is 36.1 Å². The smallest absolute Gasteiger partial charge is 0.170 e. The molecule has 3 rings (SSSR count). The van der Waals surface area contributed by atoms with E-state index in [2.05, 4.69) is 10.3 Å². The lowest BCUT2D eigenvalue weighted by Gasteiger charge is -1.94. The molecule has 14 heavy (non-hydrogen) atoms. The summed E-state index contributed by atoms with van der Waals surface area (Å²) in [5, 5.41) is 3.28. The molecule has 70 valence electrons. The van der Waals surface area contributed by atoms with Gasteiger partial charge in [0.15, 0.2) is 11.6 Å². The summed E-state index contributed by atoms with van der Waals surface area (Å²) >= 11 is 0. The number of fused-ring (bicyclic) bond motifs is 1. The molecule has 1 aromatic heterocycles. The van der Waals surface area contributed by atoms with E-state index in [1.165, 1.54) is 0 Å². The molecule has 0 bridgehead atoms. The summed E-state index contributed by atoms with van der Waals surface area (Å²) in [6, 6.07) is 9.06. The Kier molecular flexibility index (Phi) is 0.952. The number of nitrogens with one attached hydrogen (secondary N) is 1. The summed E-state index contributed by atoms with van der Waals surface area (Å²) in [5.74, 6) is 0.433. The highest BCUT2D eigenvalue weighted by atomic mass is 16.3. The summed E-state index contributed by atoms with van der Waals surface area (Å²) in [7, 11) is 0. The summed E-state index contributed by atoms with van der Waals surface area (Å²) in [6.45, 7) is -4.54. The molecular weight excluding hydrogens is 176 g/mol. The first-order valence-electron chi connectivity index (χ1n) is 6.26. The predicted molar refractivity (Wildman–Crippen MR) is 55.6 cm³/mol. The number of benzene rings is 1. The summed E-state index contributed by atoms with van der Waals surface area (Å²) in [4.78, 5) is 3.71. The zero-order valence-electron chi connectivity index (χ0n) is 11.2. The highest BCUT2D eigenvalue weighted by molar-refractivity contribution is 6.00. The second-order valence-electron chi connectivity index (χ2n) is 2.97. The third kappa shape index (κ3) is 1.09. The van der Waals surface area contributed by atoms with Crippen LogP contribution >= 0.6 is 0 Å². The summed E-state index contributed by atoms with van der Waals surface area (Å²) in [5.41, 5.74) is 0.657. The lowest BCUT2D eigenvalue weighted by molar-refractivity contribution is 0.602. The van der Waals surface area contributed by atoms with Gasteiger partial charge in [0.1, 0.15) is 5.58 Å². The Hall–Kier alpha value is -1.77. The molecular formula is C11H10N2O. The Morgan fingerprint density at radius 3 is 3.14 bits per heavy atom. The van der Waals surface area contributed by atoms with Crippen LogP contribution in [-0.4, -0.2) is 18.8 Å². The van der Waals surface area contributed by atoms with Crippen molar-refractivity contribution in [1.82, 2.24) is 5.32 Å². The van der Waals surface area contributed by atoms with Gasteiger partial charge in [0.05, 0.1) is 12.0 Å². The molecule has 0 radical (unpaired) electrons. The minimum Gasteiger partial charge on any atom is -0.453 e. The number of hydrogen-bond donors (Lipinski definition) is 1. The lowest BCUT2D eigenvalue weighted by atomic mass is 10.2. The van der Waals surface area contributed by atoms with Crippen molar-refractivity contribution >= 4 is 16.8 Å². The van der Waals surface area contributed by atoms with Crippen molar-refractivity contribution in [1.29, 1.82) is 0 Å². The van der Waals surface area contributed by atoms with Crippen molar-refractivity contribution in [2.75, 3.05) is 13.0 Å². The van der Waals surface area contributed by atoms with E-state index in [-0.39, 0.29) is 5.84 Å². The standard InChI is InChI=1S/C11H10N2O/c1-2-4-9-8(3-1)7-10(14-9)11-12-5-6-13-11/h1-4,7H,5-6H2,(H,12,13)/i5D2,6D2. The van der Waals surface area contributed by atoms with Crippen LogP contribution in [0.1, 0.15) is 11.2 Å². The molecule has 2 heterocycles. The average molecular weight is 190 g/mol. The summed E-state index contributed by atoms with van der Waals surface area (Å²) in [6.07, 6.45) is 0. The molecule has 0 spiro atoms. The van der Waals surface area contributed by atoms with Crippen molar-refractivity contribution in [2.24, 2.45) is 4.99 Å². The van der Waals surface area contributed by atoms with Crippen molar-refractivity contribution < 1.29 is 9.90 Å². The van der Waals surface area contributed by atoms with Crippen LogP contribution in [0, 0.1) is 0 Å². The van der Waals surface area contributed by atoms with Gasteiger partial charge in [-0.2, -0.15) is 0 Å². The third-order valence-corrected chi connectivity index (χ3v) is 2.06. The monoisotopic (exact) mass is 190 g/mol. The van der Waals surface area contributed by atoms with Gasteiger partial charge in [0, 0.05) is 11.9 Å². The Bertz CT molecular complexity index is 614. The normalized spacial score (nSPS) is 27.0. The van der Waals surface area contributed by atoms with Gasteiger partial charge in [-0.05, 0) is 12.1 Å². The minimum absolute atomic E-state index is 0.0983. The maximum absolute atomic E-state index is 7.53. The second kappa shape index (κ2) is 2.87. The van der Waals surface area contributed by atoms with Crippen LogP contribution in [0.3, 0.4) is 0 Å². The van der Waals surface area contributed by atoms with Crippen molar-refractivity contribution in [2.45, 2.75) is 0 Å². The topological polar surface area (TPSA) is 37.5 Å². The Labute approximate surface area is 87.1 Å². The molecule has 0 aliphatic carbocycles. The van der Waals surface area contributed by atoms with Gasteiger partial charge in [0.2, 0.25) is 0 Å². The molecule has 0 amide bonds. The van der Waals surface area contributed by atoms with Crippen LogP contribution in [0.5, 0.6) is 0 Å². The zero-order chi connectivity index (χ0) is 13.0. The van der Waals surface area contributed by atoms with Crippen LogP contribution in [-0.2, 0) is 0 Å². The first-order valence-corrected chi connectivity index (χ1v) is 4.26. The fourth-order valence-corrected chi connectivity index (χ4v) is 1.41. The third-order valence-electron chi connectivity index (χ3n) is 2.06. The molecule has 0 saturated carbocycles. The molecule has 1 aromatic carbocycles. The quantitative estimate of drug-likeness (QED) is 0.744. The molecule has 3 nitrogen and oxygen atoms in total. The van der Waals surface area contributed by atoms with Gasteiger partial charge in [-0.25, -0.2) is 0 Å². The number of para-hydroxylation sites is 1. The van der Waals surface area contributed by atoms with E-state index < -0.39 is 13.0 Å². The van der Waals surface area contributed by atoms with Crippen molar-refractivity contribution in [3.63, 3.8) is 0 Å². The van der Waals surface area contributed by atoms with Crippen LogP contribution < -0.4 is 5.32 Å². The maximum atomic E-state index is 7.53. The fourth-order valence-electron chi connectivity index (χ4n) is 1.41. The first kappa shape index (κ1) is 4.64. The van der Waals surface area contributed by atoms with E-state index in [0.717, 1.165) is 5.39 Å². The van der Waals surface area contributed by atoms with E-state index >= 15 is 0 Å². The minimum atomic E-state index is -2.30. The molecule has 0 unspecified atom stereocenters. The highest BCUT2D eigenvalue weighted by Gasteiger charge is 2.12. The van der Waals surface area contributed by atoms with E-state index in [9.17, 15) is 0 Å². The van der Waals surface area contributed by atoms with E-state index in [4.69, 9.17) is 9.90 Å². The Morgan fingerprint density at radius 2 is 2.36 bits per heavy atom. The fraction of sp³-hybridized carbons (Fsp3) is 0.182. The lowest BCUT2D eigenvalue weighted by Crippen LogP contribution is -2.18. The average Bonchev–Trinajstić information content (AvgIpc) is 2.78. The van der Waals surface area contributed by atoms with Gasteiger partial charge >= 0.3 is 0 Å². The molecule has 0 atom stereocenters. The molecule has 3 heteroatoms. The molecule has 0 fully saturated rings. The molecule has 1 N–H and O–H groups in total. The van der Waals surface area contributed by atoms with Crippen LogP contribution in [0.2, 0.25) is 0 Å². The zero-order valence-corrected chi connectivity index (χ0v) is 7.24. The van der Waals surface area contributed by atoms with Gasteiger partial charge in [-0.1, -0.05) is 18.2 Å². The predicted octanol–water partition coefficient (Wildman–Crippen LogP) is 1.78. The number of furan rings is 1. The highest BCUT2D eigenvalue weighted by Crippen LogP contribution is 2.19. The number of hydrogen-bond acceptors (Lipinski definition) is 3. The van der Waals surface area contributed by atoms with Crippen molar-refractivity contribution in [3.8, 4) is 0 Å². The van der Waals surface area contributed by atoms with E-state index in [1.807, 2.05) is 18.2 Å². The van der Waals surface area contributed by atoms with E-state index in [1.54, 1.807) is 12.1 Å².